The van der Waals surface area contributed by atoms with Gasteiger partial charge in [0.05, 0.1) is 23.6 Å². The molecule has 38 heavy (non-hydrogen) atoms. The average Bonchev–Trinajstić information content (AvgIpc) is 3.21. The lowest BCUT2D eigenvalue weighted by molar-refractivity contribution is -0.117. The van der Waals surface area contributed by atoms with Crippen molar-refractivity contribution in [2.75, 3.05) is 17.4 Å². The molecule has 0 spiro atoms. The number of hydrazine groups is 1. The summed E-state index contributed by atoms with van der Waals surface area (Å²) in [7, 11) is 1.55. The van der Waals surface area contributed by atoms with Gasteiger partial charge in [-0.25, -0.2) is 10.0 Å². The van der Waals surface area contributed by atoms with E-state index in [0.29, 0.717) is 45.1 Å². The first-order valence-corrected chi connectivity index (χ1v) is 14.2. The molecule has 0 saturated carbocycles. The SMILES string of the molecule is CCCCCCCCCCCC(=O)Nc1ccc(OC)c(N=C2CC(=O)N(c3c(Cl)cc(C)cc3Cl)N2)c1. The molecule has 0 aromatic heterocycles. The molecular weight excluding hydrogens is 523 g/mol. The number of amidine groups is 1. The third kappa shape index (κ3) is 8.63. The van der Waals surface area contributed by atoms with Gasteiger partial charge in [-0.05, 0) is 49.2 Å². The Kier molecular flexibility index (Phi) is 11.7. The second-order valence-electron chi connectivity index (χ2n) is 9.67. The van der Waals surface area contributed by atoms with Crippen molar-refractivity contribution in [2.45, 2.75) is 84.5 Å². The summed E-state index contributed by atoms with van der Waals surface area (Å²) >= 11 is 12.7. The fraction of sp³-hybridized carbons (Fsp3) is 0.483. The van der Waals surface area contributed by atoms with E-state index in [4.69, 9.17) is 27.9 Å². The molecule has 2 aromatic carbocycles. The molecule has 2 N–H and O–H groups in total. The Morgan fingerprint density at radius 3 is 2.29 bits per heavy atom. The second kappa shape index (κ2) is 15.0. The highest BCUT2D eigenvalue weighted by Gasteiger charge is 2.30. The Bertz CT molecular complexity index is 1130. The van der Waals surface area contributed by atoms with Crippen LogP contribution in [0.2, 0.25) is 10.0 Å². The molecular formula is C29H38Cl2N4O3. The molecule has 206 valence electrons. The van der Waals surface area contributed by atoms with Crippen molar-refractivity contribution in [2.24, 2.45) is 4.99 Å². The van der Waals surface area contributed by atoms with E-state index in [1.54, 1.807) is 37.4 Å². The van der Waals surface area contributed by atoms with Crippen LogP contribution in [0.1, 0.15) is 83.1 Å². The Morgan fingerprint density at radius 1 is 1.03 bits per heavy atom. The molecule has 9 heteroatoms. The summed E-state index contributed by atoms with van der Waals surface area (Å²) < 4.78 is 5.45. The lowest BCUT2D eigenvalue weighted by Gasteiger charge is -2.19. The lowest BCUT2D eigenvalue weighted by atomic mass is 10.1. The van der Waals surface area contributed by atoms with Crippen molar-refractivity contribution in [3.63, 3.8) is 0 Å². The number of anilines is 2. The van der Waals surface area contributed by atoms with Crippen molar-refractivity contribution >= 4 is 57.9 Å². The molecule has 3 rings (SSSR count). The van der Waals surface area contributed by atoms with E-state index in [1.807, 2.05) is 6.92 Å². The molecule has 2 aromatic rings. The van der Waals surface area contributed by atoms with Crippen LogP contribution in [0.15, 0.2) is 35.3 Å². The van der Waals surface area contributed by atoms with Crippen LogP contribution in [0.5, 0.6) is 5.75 Å². The number of nitrogens with one attached hydrogen (secondary N) is 2. The largest absolute Gasteiger partial charge is 0.494 e. The maximum atomic E-state index is 12.7. The minimum atomic E-state index is -0.235. The van der Waals surface area contributed by atoms with Gasteiger partial charge in [0.25, 0.3) is 5.91 Å². The number of rotatable bonds is 14. The zero-order valence-corrected chi connectivity index (χ0v) is 24.1. The number of unbranched alkanes of at least 4 members (excludes halogenated alkanes) is 8. The highest BCUT2D eigenvalue weighted by molar-refractivity contribution is 6.40. The molecule has 1 aliphatic rings. The van der Waals surface area contributed by atoms with Crippen LogP contribution in [0, 0.1) is 6.92 Å². The highest BCUT2D eigenvalue weighted by Crippen LogP contribution is 2.36. The van der Waals surface area contributed by atoms with Crippen molar-refractivity contribution in [3.8, 4) is 5.75 Å². The van der Waals surface area contributed by atoms with Gasteiger partial charge in [0.2, 0.25) is 5.91 Å². The number of carbonyl (C=O) groups excluding carboxylic acids is 2. The van der Waals surface area contributed by atoms with Crippen LogP contribution in [0.3, 0.4) is 0 Å². The van der Waals surface area contributed by atoms with E-state index in [9.17, 15) is 9.59 Å². The van der Waals surface area contributed by atoms with Crippen LogP contribution in [-0.4, -0.2) is 24.8 Å². The maximum Gasteiger partial charge on any atom is 0.253 e. The predicted molar refractivity (Wildman–Crippen MR) is 157 cm³/mol. The molecule has 1 fully saturated rings. The van der Waals surface area contributed by atoms with Crippen LogP contribution < -0.4 is 20.5 Å². The van der Waals surface area contributed by atoms with Gasteiger partial charge in [-0.15, -0.1) is 0 Å². The minimum absolute atomic E-state index is 0.0271. The number of aryl methyl sites for hydroxylation is 1. The van der Waals surface area contributed by atoms with Gasteiger partial charge in [-0.1, -0.05) is 81.5 Å². The Labute approximate surface area is 235 Å². The van der Waals surface area contributed by atoms with Crippen LogP contribution in [-0.2, 0) is 9.59 Å². The molecule has 0 unspecified atom stereocenters. The maximum absolute atomic E-state index is 12.7. The summed E-state index contributed by atoms with van der Waals surface area (Å²) in [4.78, 5) is 29.8. The molecule has 1 saturated heterocycles. The number of halogens is 2. The van der Waals surface area contributed by atoms with E-state index in [-0.39, 0.29) is 18.2 Å². The van der Waals surface area contributed by atoms with Crippen molar-refractivity contribution in [1.82, 2.24) is 5.43 Å². The number of benzene rings is 2. The number of aliphatic imine (C=N–C) groups is 1. The second-order valence-corrected chi connectivity index (χ2v) is 10.5. The summed E-state index contributed by atoms with van der Waals surface area (Å²) in [5.41, 5.74) is 5.39. The van der Waals surface area contributed by atoms with Crippen LogP contribution in [0.25, 0.3) is 0 Å². The van der Waals surface area contributed by atoms with Crippen LogP contribution >= 0.6 is 23.2 Å². The number of amides is 2. The minimum Gasteiger partial charge on any atom is -0.494 e. The number of hydrogen-bond donors (Lipinski definition) is 2. The van der Waals surface area contributed by atoms with Gasteiger partial charge >= 0.3 is 0 Å². The summed E-state index contributed by atoms with van der Waals surface area (Å²) in [5, 5.41) is 5.00. The molecule has 0 aliphatic carbocycles. The topological polar surface area (TPSA) is 83.0 Å². The zero-order valence-electron chi connectivity index (χ0n) is 22.5. The van der Waals surface area contributed by atoms with Crippen molar-refractivity contribution in [3.05, 3.63) is 45.9 Å². The molecule has 2 amide bonds. The van der Waals surface area contributed by atoms with E-state index < -0.39 is 0 Å². The first-order valence-electron chi connectivity index (χ1n) is 13.4. The number of hydrogen-bond acceptors (Lipinski definition) is 4. The molecule has 0 atom stereocenters. The van der Waals surface area contributed by atoms with Crippen molar-refractivity contribution < 1.29 is 14.3 Å². The van der Waals surface area contributed by atoms with Gasteiger partial charge in [0.1, 0.15) is 23.0 Å². The first kappa shape index (κ1) is 29.8. The van der Waals surface area contributed by atoms with Gasteiger partial charge < -0.3 is 10.1 Å². The molecule has 1 heterocycles. The quantitative estimate of drug-likeness (QED) is 0.228. The number of nitrogens with zero attached hydrogens (tertiary/aromatic N) is 2. The fourth-order valence-corrected chi connectivity index (χ4v) is 5.19. The first-order chi connectivity index (χ1) is 18.3. The standard InChI is InChI=1S/C29H38Cl2N4O3/c1-4-5-6-7-8-9-10-11-12-13-27(36)32-21-14-15-25(38-3)24(18-21)33-26-19-28(37)35(34-26)29-22(30)16-20(2)17-23(29)31/h14-18H,4-13,19H2,1-3H3,(H,32,36)(H,33,34). The monoisotopic (exact) mass is 560 g/mol. The summed E-state index contributed by atoms with van der Waals surface area (Å²) in [6, 6.07) is 8.76. The normalized spacial score (nSPS) is 14.2. The van der Waals surface area contributed by atoms with E-state index >= 15 is 0 Å². The zero-order chi connectivity index (χ0) is 27.5. The summed E-state index contributed by atoms with van der Waals surface area (Å²) in [5.74, 6) is 0.675. The van der Waals surface area contributed by atoms with Gasteiger partial charge in [-0.3, -0.25) is 15.0 Å². The average molecular weight is 562 g/mol. The Morgan fingerprint density at radius 2 is 1.66 bits per heavy atom. The van der Waals surface area contributed by atoms with Crippen molar-refractivity contribution in [1.29, 1.82) is 0 Å². The number of carbonyl (C=O) groups is 2. The molecule has 0 bridgehead atoms. The van der Waals surface area contributed by atoms with E-state index in [2.05, 4.69) is 22.7 Å². The predicted octanol–water partition coefficient (Wildman–Crippen LogP) is 8.14. The summed E-state index contributed by atoms with van der Waals surface area (Å²) in [6.07, 6.45) is 11.4. The number of ether oxygens (including phenoxy) is 1. The van der Waals surface area contributed by atoms with Gasteiger partial charge in [-0.2, -0.15) is 0 Å². The molecule has 7 nitrogen and oxygen atoms in total. The van der Waals surface area contributed by atoms with Gasteiger partial charge in [0, 0.05) is 12.1 Å². The molecule has 0 radical (unpaired) electrons. The van der Waals surface area contributed by atoms with E-state index in [1.165, 1.54) is 50.0 Å². The van der Waals surface area contributed by atoms with Crippen LogP contribution in [0.4, 0.5) is 17.1 Å². The lowest BCUT2D eigenvalue weighted by Crippen LogP contribution is -2.36. The Hall–Kier alpha value is -2.77. The molecule has 1 aliphatic heterocycles. The van der Waals surface area contributed by atoms with E-state index in [0.717, 1.165) is 18.4 Å². The third-order valence-electron chi connectivity index (χ3n) is 6.42. The fourth-order valence-electron chi connectivity index (χ4n) is 4.42. The number of methoxy groups -OCH3 is 1. The van der Waals surface area contributed by atoms with Gasteiger partial charge in [0.15, 0.2) is 0 Å². The Balaban J connectivity index is 1.57. The third-order valence-corrected chi connectivity index (χ3v) is 7.00. The smallest absolute Gasteiger partial charge is 0.253 e. The highest BCUT2D eigenvalue weighted by atomic mass is 35.5. The summed E-state index contributed by atoms with van der Waals surface area (Å²) in [6.45, 7) is 4.11.